The molecule has 0 unspecified atom stereocenters. The Morgan fingerprint density at radius 3 is 2.53 bits per heavy atom. The summed E-state index contributed by atoms with van der Waals surface area (Å²) in [7, 11) is 1.58. The van der Waals surface area contributed by atoms with Crippen LogP contribution in [0.2, 0.25) is 0 Å². The molecule has 0 saturated heterocycles. The highest BCUT2D eigenvalue weighted by atomic mass is 16.7. The zero-order valence-electron chi connectivity index (χ0n) is 11.1. The van der Waals surface area contributed by atoms with Crippen LogP contribution in [0.1, 0.15) is 25.3 Å². The van der Waals surface area contributed by atoms with E-state index < -0.39 is 5.97 Å². The summed E-state index contributed by atoms with van der Waals surface area (Å²) in [4.78, 5) is 11.3. The van der Waals surface area contributed by atoms with Crippen molar-refractivity contribution in [2.45, 2.75) is 19.8 Å². The summed E-state index contributed by atoms with van der Waals surface area (Å²) in [6, 6.07) is 3.61. The lowest BCUT2D eigenvalue weighted by Gasteiger charge is -2.10. The maximum absolute atomic E-state index is 11.3. The van der Waals surface area contributed by atoms with Crippen LogP contribution in [0.4, 0.5) is 0 Å². The van der Waals surface area contributed by atoms with Gasteiger partial charge >= 0.3 is 5.97 Å². The molecule has 102 valence electrons. The second-order valence-corrected chi connectivity index (χ2v) is 5.56. The summed E-state index contributed by atoms with van der Waals surface area (Å²) in [6.45, 7) is 4.11. The molecular weight excluding hydrogens is 248 g/mol. The molecule has 1 aliphatic heterocycles. The second-order valence-electron chi connectivity index (χ2n) is 5.56. The zero-order chi connectivity index (χ0) is 13.8. The van der Waals surface area contributed by atoms with Crippen LogP contribution in [-0.4, -0.2) is 25.0 Å². The smallest absolute Gasteiger partial charge is 0.307 e. The minimum Gasteiger partial charge on any atom is -0.496 e. The van der Waals surface area contributed by atoms with Gasteiger partial charge in [-0.15, -0.1) is 0 Å². The Morgan fingerprint density at radius 1 is 1.37 bits per heavy atom. The van der Waals surface area contributed by atoms with E-state index in [0.717, 1.165) is 5.56 Å². The topological polar surface area (TPSA) is 65.0 Å². The number of ether oxygens (including phenoxy) is 3. The number of aliphatic carboxylic acids is 1. The molecule has 1 fully saturated rings. The van der Waals surface area contributed by atoms with Crippen molar-refractivity contribution in [2.75, 3.05) is 13.9 Å². The summed E-state index contributed by atoms with van der Waals surface area (Å²) in [5, 5.41) is 9.28. The van der Waals surface area contributed by atoms with Gasteiger partial charge in [-0.25, -0.2) is 0 Å². The molecule has 1 aromatic rings. The van der Waals surface area contributed by atoms with Gasteiger partial charge in [-0.2, -0.15) is 0 Å². The highest BCUT2D eigenvalue weighted by Crippen LogP contribution is 2.66. The third-order valence-electron chi connectivity index (χ3n) is 4.15. The number of hydrogen-bond acceptors (Lipinski definition) is 4. The lowest BCUT2D eigenvalue weighted by molar-refractivity contribution is -0.139. The number of carboxylic acids is 1. The lowest BCUT2D eigenvalue weighted by Crippen LogP contribution is -2.03. The molecule has 3 rings (SSSR count). The molecule has 2 atom stereocenters. The first-order valence-electron chi connectivity index (χ1n) is 6.17. The Kier molecular flexibility index (Phi) is 2.42. The highest BCUT2D eigenvalue weighted by molar-refractivity contribution is 5.78. The Labute approximate surface area is 111 Å². The molecule has 1 N–H and O–H groups in total. The predicted octanol–water partition coefficient (Wildman–Crippen LogP) is 2.25. The number of carbonyl (C=O) groups is 1. The largest absolute Gasteiger partial charge is 0.496 e. The minimum absolute atomic E-state index is 0.0607. The van der Waals surface area contributed by atoms with Crippen molar-refractivity contribution >= 4 is 5.97 Å². The standard InChI is InChI=1S/C14H16O5/c1-14(2)11(12(14)13(15)16)7-4-9-10(19-6-18-9)5-8(7)17-3/h4-5,11-12H,6H2,1-3H3,(H,15,16)/t11-,12+/m1/s1. The van der Waals surface area contributed by atoms with Gasteiger partial charge in [0.1, 0.15) is 5.75 Å². The fourth-order valence-corrected chi connectivity index (χ4v) is 3.04. The van der Waals surface area contributed by atoms with E-state index in [0.29, 0.717) is 17.2 Å². The van der Waals surface area contributed by atoms with E-state index in [9.17, 15) is 9.90 Å². The molecule has 1 aliphatic carbocycles. The van der Waals surface area contributed by atoms with Gasteiger partial charge in [0, 0.05) is 17.5 Å². The molecule has 5 nitrogen and oxygen atoms in total. The van der Waals surface area contributed by atoms with E-state index in [1.807, 2.05) is 19.9 Å². The van der Waals surface area contributed by atoms with E-state index in [1.165, 1.54) is 0 Å². The van der Waals surface area contributed by atoms with Crippen molar-refractivity contribution in [1.82, 2.24) is 0 Å². The van der Waals surface area contributed by atoms with Crippen molar-refractivity contribution in [3.8, 4) is 17.2 Å². The maximum Gasteiger partial charge on any atom is 0.307 e. The van der Waals surface area contributed by atoms with Crippen LogP contribution >= 0.6 is 0 Å². The Hall–Kier alpha value is -1.91. The van der Waals surface area contributed by atoms with Crippen LogP contribution in [0.15, 0.2) is 12.1 Å². The predicted molar refractivity (Wildman–Crippen MR) is 66.8 cm³/mol. The Morgan fingerprint density at radius 2 is 2.00 bits per heavy atom. The van der Waals surface area contributed by atoms with E-state index >= 15 is 0 Å². The first-order valence-corrected chi connectivity index (χ1v) is 6.17. The van der Waals surface area contributed by atoms with Crippen molar-refractivity contribution in [1.29, 1.82) is 0 Å². The first kappa shape index (κ1) is 12.1. The summed E-state index contributed by atoms with van der Waals surface area (Å²) in [5.41, 5.74) is 0.608. The lowest BCUT2D eigenvalue weighted by atomic mass is 10.0. The number of fused-ring (bicyclic) bond motifs is 1. The Bertz CT molecular complexity index is 549. The highest BCUT2D eigenvalue weighted by Gasteiger charge is 2.63. The van der Waals surface area contributed by atoms with Gasteiger partial charge in [0.15, 0.2) is 11.5 Å². The van der Waals surface area contributed by atoms with Gasteiger partial charge in [-0.3, -0.25) is 4.79 Å². The monoisotopic (exact) mass is 264 g/mol. The number of carboxylic acid groups (broad SMARTS) is 1. The summed E-state index contributed by atoms with van der Waals surface area (Å²) >= 11 is 0. The molecule has 0 spiro atoms. The normalized spacial score (nSPS) is 26.1. The van der Waals surface area contributed by atoms with Crippen LogP contribution in [-0.2, 0) is 4.79 Å². The molecule has 2 aliphatic rings. The van der Waals surface area contributed by atoms with Crippen molar-refractivity contribution in [3.63, 3.8) is 0 Å². The second kappa shape index (κ2) is 3.79. The van der Waals surface area contributed by atoms with Gasteiger partial charge in [0.25, 0.3) is 0 Å². The van der Waals surface area contributed by atoms with Crippen LogP contribution in [0.5, 0.6) is 17.2 Å². The van der Waals surface area contributed by atoms with E-state index in [2.05, 4.69) is 0 Å². The van der Waals surface area contributed by atoms with Crippen molar-refractivity contribution in [3.05, 3.63) is 17.7 Å². The average Bonchev–Trinajstić information content (AvgIpc) is 2.71. The van der Waals surface area contributed by atoms with Crippen molar-refractivity contribution < 1.29 is 24.1 Å². The third kappa shape index (κ3) is 1.64. The van der Waals surface area contributed by atoms with Crippen LogP contribution in [0.25, 0.3) is 0 Å². The van der Waals surface area contributed by atoms with E-state index in [1.54, 1.807) is 13.2 Å². The zero-order valence-corrected chi connectivity index (χ0v) is 11.1. The fourth-order valence-electron chi connectivity index (χ4n) is 3.04. The van der Waals surface area contributed by atoms with Crippen LogP contribution in [0.3, 0.4) is 0 Å². The SMILES string of the molecule is COc1cc2c(cc1[C@@H]1[C@@H](C(=O)O)C1(C)C)OCO2. The van der Waals surface area contributed by atoms with Gasteiger partial charge in [0.05, 0.1) is 13.0 Å². The van der Waals surface area contributed by atoms with Crippen LogP contribution < -0.4 is 14.2 Å². The molecule has 1 heterocycles. The number of hydrogen-bond donors (Lipinski definition) is 1. The van der Waals surface area contributed by atoms with Crippen molar-refractivity contribution in [2.24, 2.45) is 11.3 Å². The van der Waals surface area contributed by atoms with E-state index in [4.69, 9.17) is 14.2 Å². The van der Waals surface area contributed by atoms with Gasteiger partial charge in [-0.05, 0) is 11.5 Å². The number of methoxy groups -OCH3 is 1. The molecule has 0 radical (unpaired) electrons. The van der Waals surface area contributed by atoms with Gasteiger partial charge in [0.2, 0.25) is 6.79 Å². The van der Waals surface area contributed by atoms with Gasteiger partial charge < -0.3 is 19.3 Å². The molecule has 0 amide bonds. The van der Waals surface area contributed by atoms with Crippen LogP contribution in [0, 0.1) is 11.3 Å². The number of rotatable bonds is 3. The molecule has 19 heavy (non-hydrogen) atoms. The molecular formula is C14H16O5. The molecule has 1 aromatic carbocycles. The third-order valence-corrected chi connectivity index (χ3v) is 4.15. The van der Waals surface area contributed by atoms with E-state index in [-0.39, 0.29) is 24.0 Å². The molecule has 0 aromatic heterocycles. The fraction of sp³-hybridized carbons (Fsp3) is 0.500. The Balaban J connectivity index is 2.04. The quantitative estimate of drug-likeness (QED) is 0.907. The minimum atomic E-state index is -0.769. The average molecular weight is 264 g/mol. The first-order chi connectivity index (χ1) is 8.96. The molecule has 1 saturated carbocycles. The van der Waals surface area contributed by atoms with Gasteiger partial charge in [-0.1, -0.05) is 13.8 Å². The summed E-state index contributed by atoms with van der Waals surface area (Å²) in [6.07, 6.45) is 0. The molecule has 0 bridgehead atoms. The summed E-state index contributed by atoms with van der Waals surface area (Å²) < 4.78 is 16.0. The maximum atomic E-state index is 11.3. The number of benzene rings is 1. The molecule has 5 heteroatoms. The summed E-state index contributed by atoms with van der Waals surface area (Å²) in [5.74, 6) is 0.741.